The molecule has 0 aromatic rings. The van der Waals surface area contributed by atoms with Crippen molar-refractivity contribution in [1.82, 2.24) is 10.6 Å². The Morgan fingerprint density at radius 1 is 1.24 bits per heavy atom. The molecular weight excluding hydrogens is 270 g/mol. The van der Waals surface area contributed by atoms with Crippen molar-refractivity contribution in [3.05, 3.63) is 11.8 Å². The summed E-state index contributed by atoms with van der Waals surface area (Å²) in [6.45, 7) is 0.258. The van der Waals surface area contributed by atoms with Crippen molar-refractivity contribution >= 4 is 11.9 Å². The fourth-order valence-corrected chi connectivity index (χ4v) is 2.33. The van der Waals surface area contributed by atoms with Gasteiger partial charge in [-0.15, -0.1) is 0 Å². The molecule has 0 spiro atoms. The monoisotopic (exact) mass is 293 g/mol. The second-order valence-corrected chi connectivity index (χ2v) is 5.28. The second kappa shape index (κ2) is 9.81. The van der Waals surface area contributed by atoms with Gasteiger partial charge in [-0.05, 0) is 19.3 Å². The average Bonchev–Trinajstić information content (AvgIpc) is 2.73. The number of carbonyl (C=O) groups excluding carboxylic acids is 1. The van der Waals surface area contributed by atoms with Gasteiger partial charge in [-0.2, -0.15) is 5.26 Å². The maximum Gasteiger partial charge on any atom is 0.303 e. The van der Waals surface area contributed by atoms with Crippen LogP contribution in [0.4, 0.5) is 0 Å². The molecule has 1 rings (SSSR count). The summed E-state index contributed by atoms with van der Waals surface area (Å²) in [5.41, 5.74) is 0.0366. The van der Waals surface area contributed by atoms with Gasteiger partial charge in [0.15, 0.2) is 0 Å². The van der Waals surface area contributed by atoms with Crippen molar-refractivity contribution in [3.8, 4) is 6.07 Å². The minimum absolute atomic E-state index is 0.00616. The predicted molar refractivity (Wildman–Crippen MR) is 78.2 cm³/mol. The highest BCUT2D eigenvalue weighted by Gasteiger charge is 2.12. The van der Waals surface area contributed by atoms with Gasteiger partial charge in [0.25, 0.3) is 5.91 Å². The Morgan fingerprint density at radius 3 is 2.48 bits per heavy atom. The van der Waals surface area contributed by atoms with Gasteiger partial charge in [-0.25, -0.2) is 0 Å². The molecule has 1 fully saturated rings. The summed E-state index contributed by atoms with van der Waals surface area (Å²) in [6.07, 6.45) is 8.83. The molecule has 3 N–H and O–H groups in total. The van der Waals surface area contributed by atoms with Gasteiger partial charge in [0, 0.05) is 25.2 Å². The molecule has 1 aliphatic carbocycles. The molecule has 0 aromatic carbocycles. The van der Waals surface area contributed by atoms with E-state index in [0.29, 0.717) is 12.5 Å². The fourth-order valence-electron chi connectivity index (χ4n) is 2.33. The number of nitrogens with zero attached hydrogens (tertiary/aromatic N) is 1. The Morgan fingerprint density at radius 2 is 1.90 bits per heavy atom. The summed E-state index contributed by atoms with van der Waals surface area (Å²) >= 11 is 0. The van der Waals surface area contributed by atoms with Crippen LogP contribution in [0.15, 0.2) is 11.8 Å². The number of carboxylic acid groups (broad SMARTS) is 1. The van der Waals surface area contributed by atoms with Crippen molar-refractivity contribution < 1.29 is 14.7 Å². The van der Waals surface area contributed by atoms with E-state index in [1.54, 1.807) is 0 Å². The highest BCUT2D eigenvalue weighted by Crippen LogP contribution is 2.17. The molecule has 0 saturated heterocycles. The van der Waals surface area contributed by atoms with Crippen LogP contribution < -0.4 is 10.6 Å². The average molecular weight is 293 g/mol. The zero-order valence-electron chi connectivity index (χ0n) is 12.2. The van der Waals surface area contributed by atoms with E-state index in [9.17, 15) is 9.59 Å². The van der Waals surface area contributed by atoms with E-state index in [2.05, 4.69) is 10.6 Å². The summed E-state index contributed by atoms with van der Waals surface area (Å²) in [5, 5.41) is 23.2. The van der Waals surface area contributed by atoms with Crippen LogP contribution in [-0.4, -0.2) is 29.6 Å². The Labute approximate surface area is 125 Å². The summed E-state index contributed by atoms with van der Waals surface area (Å²) < 4.78 is 0. The molecule has 6 nitrogen and oxygen atoms in total. The number of hydrogen-bond donors (Lipinski definition) is 3. The van der Waals surface area contributed by atoms with Gasteiger partial charge in [0.1, 0.15) is 11.6 Å². The van der Waals surface area contributed by atoms with E-state index in [0.717, 1.165) is 12.8 Å². The Balaban J connectivity index is 2.37. The quantitative estimate of drug-likeness (QED) is 0.287. The standard InChI is InChI=1S/C15H23N3O3/c16-10-12(15(21)17-9-5-8-14(19)20)11-18-13-6-3-1-2-4-7-13/h11,13,18H,1-9H2,(H,17,21)(H,19,20)/b12-11-. The van der Waals surface area contributed by atoms with Gasteiger partial charge in [0.2, 0.25) is 0 Å². The maximum atomic E-state index is 11.8. The summed E-state index contributed by atoms with van der Waals surface area (Å²) in [5.74, 6) is -1.35. The highest BCUT2D eigenvalue weighted by molar-refractivity contribution is 5.97. The number of amides is 1. The molecule has 1 aliphatic rings. The third kappa shape index (κ3) is 7.35. The molecule has 0 heterocycles. The maximum absolute atomic E-state index is 11.8. The normalized spacial score (nSPS) is 16.6. The van der Waals surface area contributed by atoms with Crippen molar-refractivity contribution in [3.63, 3.8) is 0 Å². The molecule has 6 heteroatoms. The van der Waals surface area contributed by atoms with E-state index >= 15 is 0 Å². The lowest BCUT2D eigenvalue weighted by atomic mass is 10.1. The Bertz CT molecular complexity index is 418. The number of aliphatic carboxylic acids is 1. The lowest BCUT2D eigenvalue weighted by molar-refractivity contribution is -0.137. The van der Waals surface area contributed by atoms with E-state index < -0.39 is 11.9 Å². The van der Waals surface area contributed by atoms with Crippen LogP contribution in [-0.2, 0) is 9.59 Å². The first-order valence-electron chi connectivity index (χ1n) is 7.50. The first-order chi connectivity index (χ1) is 10.1. The van der Waals surface area contributed by atoms with Crippen LogP contribution in [0.5, 0.6) is 0 Å². The second-order valence-electron chi connectivity index (χ2n) is 5.28. The van der Waals surface area contributed by atoms with Gasteiger partial charge < -0.3 is 15.7 Å². The van der Waals surface area contributed by atoms with Crippen LogP contribution in [0, 0.1) is 11.3 Å². The third-order valence-electron chi connectivity index (χ3n) is 3.54. The van der Waals surface area contributed by atoms with E-state index in [1.165, 1.54) is 31.9 Å². The molecule has 1 amide bonds. The van der Waals surface area contributed by atoms with E-state index in [1.807, 2.05) is 6.07 Å². The molecule has 0 aliphatic heterocycles. The number of nitrogens with one attached hydrogen (secondary N) is 2. The summed E-state index contributed by atoms with van der Waals surface area (Å²) in [7, 11) is 0. The minimum atomic E-state index is -0.893. The van der Waals surface area contributed by atoms with Gasteiger partial charge >= 0.3 is 5.97 Å². The molecule has 0 radical (unpaired) electrons. The molecular formula is C15H23N3O3. The minimum Gasteiger partial charge on any atom is -0.481 e. The van der Waals surface area contributed by atoms with Crippen molar-refractivity contribution in [2.24, 2.45) is 0 Å². The zero-order valence-corrected chi connectivity index (χ0v) is 12.2. The van der Waals surface area contributed by atoms with Crippen molar-refractivity contribution in [2.75, 3.05) is 6.54 Å². The van der Waals surface area contributed by atoms with Gasteiger partial charge in [0.05, 0.1) is 0 Å². The van der Waals surface area contributed by atoms with E-state index in [-0.39, 0.29) is 18.5 Å². The van der Waals surface area contributed by atoms with Gasteiger partial charge in [-0.3, -0.25) is 9.59 Å². The predicted octanol–water partition coefficient (Wildman–Crippen LogP) is 1.69. The highest BCUT2D eigenvalue weighted by atomic mass is 16.4. The topological polar surface area (TPSA) is 102 Å². The molecule has 116 valence electrons. The number of carboxylic acids is 1. The van der Waals surface area contributed by atoms with Crippen LogP contribution >= 0.6 is 0 Å². The number of hydrogen-bond acceptors (Lipinski definition) is 4. The number of carbonyl (C=O) groups is 2. The Kier molecular flexibility index (Phi) is 7.95. The largest absolute Gasteiger partial charge is 0.481 e. The van der Waals surface area contributed by atoms with Crippen LogP contribution in [0.2, 0.25) is 0 Å². The molecule has 0 aromatic heterocycles. The van der Waals surface area contributed by atoms with Crippen LogP contribution in [0.25, 0.3) is 0 Å². The number of nitriles is 1. The van der Waals surface area contributed by atoms with Gasteiger partial charge in [-0.1, -0.05) is 25.7 Å². The molecule has 0 atom stereocenters. The SMILES string of the molecule is N#C/C(=C/NC1CCCCCC1)C(=O)NCCCC(=O)O. The lowest BCUT2D eigenvalue weighted by Gasteiger charge is -2.14. The molecule has 0 unspecified atom stereocenters. The lowest BCUT2D eigenvalue weighted by Crippen LogP contribution is -2.29. The third-order valence-corrected chi connectivity index (χ3v) is 3.54. The summed E-state index contributed by atoms with van der Waals surface area (Å²) in [6, 6.07) is 2.21. The zero-order chi connectivity index (χ0) is 15.5. The first-order valence-corrected chi connectivity index (χ1v) is 7.50. The fraction of sp³-hybridized carbons (Fsp3) is 0.667. The molecule has 0 bridgehead atoms. The van der Waals surface area contributed by atoms with Crippen molar-refractivity contribution in [1.29, 1.82) is 5.26 Å². The summed E-state index contributed by atoms with van der Waals surface area (Å²) in [4.78, 5) is 22.1. The molecule has 1 saturated carbocycles. The van der Waals surface area contributed by atoms with Crippen molar-refractivity contribution in [2.45, 2.75) is 57.4 Å². The number of rotatable bonds is 7. The molecule has 21 heavy (non-hydrogen) atoms. The van der Waals surface area contributed by atoms with E-state index in [4.69, 9.17) is 10.4 Å². The Hall–Kier alpha value is -2.03. The first kappa shape index (κ1) is 17.0. The van der Waals surface area contributed by atoms with Crippen LogP contribution in [0.1, 0.15) is 51.4 Å². The van der Waals surface area contributed by atoms with Crippen LogP contribution in [0.3, 0.4) is 0 Å². The smallest absolute Gasteiger partial charge is 0.303 e.